The number of aliphatic carboxylic acids is 1. The molecule has 0 aliphatic heterocycles. The molecule has 4 N–H and O–H groups in total. The first-order chi connectivity index (χ1) is 29.7. The summed E-state index contributed by atoms with van der Waals surface area (Å²) in [6.07, 6.45) is 52.3. The van der Waals surface area contributed by atoms with Gasteiger partial charge in [0.1, 0.15) is 12.1 Å². The monoisotopic (exact) mass is 886 g/mol. The van der Waals surface area contributed by atoms with Crippen LogP contribution in [0.4, 0.5) is 0 Å². The third kappa shape index (κ3) is 46.3. The van der Waals surface area contributed by atoms with Crippen molar-refractivity contribution in [2.45, 2.75) is 257 Å². The summed E-state index contributed by atoms with van der Waals surface area (Å²) in [5.41, 5.74) is 5.37. The summed E-state index contributed by atoms with van der Waals surface area (Å²) in [5.74, 6) is -1.77. The zero-order valence-corrected chi connectivity index (χ0v) is 40.4. The lowest BCUT2D eigenvalue weighted by Crippen LogP contribution is -2.34. The van der Waals surface area contributed by atoms with Crippen molar-refractivity contribution in [3.8, 4) is 0 Å². The number of carbonyl (C=O) groups is 2. The van der Waals surface area contributed by atoms with E-state index in [0.29, 0.717) is 13.0 Å². The standard InChI is InChI=1S/C50H96NO9P/c1-3-5-7-9-11-13-15-17-19-21-22-23-24-25-26-27-28-30-32-34-36-38-40-42-49(52)60-47(45-58-61(55,56)59-46-48(51)50(53)54)44-57-43-41-39-37-35-33-31-29-20-18-16-14-12-10-8-6-4-2/h15,17,21-22,47-48H,3-14,16,18-20,23-46,51H2,1-2H3,(H,53,54)(H,55,56)/b17-15-,22-21-. The van der Waals surface area contributed by atoms with Gasteiger partial charge >= 0.3 is 19.8 Å². The highest BCUT2D eigenvalue weighted by molar-refractivity contribution is 7.47. The molecule has 0 saturated carbocycles. The second kappa shape index (κ2) is 46.4. The maximum atomic E-state index is 12.7. The lowest BCUT2D eigenvalue weighted by Gasteiger charge is -2.20. The molecule has 0 aliphatic rings. The van der Waals surface area contributed by atoms with Crippen LogP contribution in [0, 0.1) is 0 Å². The van der Waals surface area contributed by atoms with Crippen LogP contribution in [0.2, 0.25) is 0 Å². The Labute approximate surface area is 374 Å². The number of ether oxygens (including phenoxy) is 2. The predicted molar refractivity (Wildman–Crippen MR) is 254 cm³/mol. The summed E-state index contributed by atoms with van der Waals surface area (Å²) in [7, 11) is -4.62. The molecule has 360 valence electrons. The van der Waals surface area contributed by atoms with E-state index in [0.717, 1.165) is 44.9 Å². The Bertz CT molecular complexity index is 1070. The third-order valence-electron chi connectivity index (χ3n) is 11.2. The van der Waals surface area contributed by atoms with Crippen LogP contribution in [0.1, 0.15) is 245 Å². The van der Waals surface area contributed by atoms with Gasteiger partial charge in [0.2, 0.25) is 0 Å². The minimum absolute atomic E-state index is 0.0212. The van der Waals surface area contributed by atoms with Gasteiger partial charge in [-0.15, -0.1) is 0 Å². The van der Waals surface area contributed by atoms with Crippen molar-refractivity contribution < 1.29 is 42.7 Å². The Morgan fingerprint density at radius 2 is 0.902 bits per heavy atom. The summed E-state index contributed by atoms with van der Waals surface area (Å²) in [5, 5.41) is 8.92. The van der Waals surface area contributed by atoms with E-state index in [9.17, 15) is 19.0 Å². The fourth-order valence-electron chi connectivity index (χ4n) is 7.28. The Kier molecular flexibility index (Phi) is 45.3. The topological polar surface area (TPSA) is 155 Å². The first-order valence-corrected chi connectivity index (χ1v) is 26.9. The van der Waals surface area contributed by atoms with Crippen LogP contribution in [0.25, 0.3) is 0 Å². The van der Waals surface area contributed by atoms with Crippen LogP contribution < -0.4 is 5.73 Å². The highest BCUT2D eigenvalue weighted by atomic mass is 31.2. The van der Waals surface area contributed by atoms with Crippen molar-refractivity contribution in [2.75, 3.05) is 26.4 Å². The Balaban J connectivity index is 4.11. The van der Waals surface area contributed by atoms with Gasteiger partial charge in [0.05, 0.1) is 19.8 Å². The molecule has 10 nitrogen and oxygen atoms in total. The number of rotatable bonds is 49. The number of allylic oxidation sites excluding steroid dienone is 4. The van der Waals surface area contributed by atoms with Crippen molar-refractivity contribution in [3.05, 3.63) is 24.3 Å². The largest absolute Gasteiger partial charge is 0.480 e. The second-order valence-electron chi connectivity index (χ2n) is 17.3. The molecule has 0 bridgehead atoms. The highest BCUT2D eigenvalue weighted by Crippen LogP contribution is 2.43. The van der Waals surface area contributed by atoms with Gasteiger partial charge in [-0.2, -0.15) is 0 Å². The minimum Gasteiger partial charge on any atom is -0.480 e. The molecule has 3 unspecified atom stereocenters. The normalized spacial score (nSPS) is 13.9. The summed E-state index contributed by atoms with van der Waals surface area (Å²) in [6.45, 7) is 3.92. The smallest absolute Gasteiger partial charge is 0.472 e. The molecule has 0 aromatic carbocycles. The number of esters is 1. The van der Waals surface area contributed by atoms with E-state index in [1.807, 2.05) is 0 Å². The van der Waals surface area contributed by atoms with Gasteiger partial charge in [-0.25, -0.2) is 4.57 Å². The molecule has 0 radical (unpaired) electrons. The zero-order chi connectivity index (χ0) is 44.8. The van der Waals surface area contributed by atoms with E-state index in [1.165, 1.54) is 173 Å². The molecule has 0 rings (SSSR count). The van der Waals surface area contributed by atoms with Crippen LogP contribution in [0.15, 0.2) is 24.3 Å². The lowest BCUT2D eigenvalue weighted by molar-refractivity contribution is -0.154. The van der Waals surface area contributed by atoms with Gasteiger partial charge in [0, 0.05) is 13.0 Å². The molecule has 11 heteroatoms. The van der Waals surface area contributed by atoms with Crippen LogP contribution >= 0.6 is 7.82 Å². The van der Waals surface area contributed by atoms with Gasteiger partial charge in [-0.3, -0.25) is 18.6 Å². The molecule has 0 aromatic heterocycles. The number of unbranched alkanes of at least 4 members (excludes halogenated alkanes) is 31. The number of hydrogen-bond acceptors (Lipinski definition) is 8. The second-order valence-corrected chi connectivity index (χ2v) is 18.8. The molecular formula is C50H96NO9P. The third-order valence-corrected chi connectivity index (χ3v) is 12.2. The predicted octanol–water partition coefficient (Wildman–Crippen LogP) is 14.7. The molecule has 0 amide bonds. The van der Waals surface area contributed by atoms with Crippen molar-refractivity contribution in [2.24, 2.45) is 5.73 Å². The summed E-state index contributed by atoms with van der Waals surface area (Å²) < 4.78 is 33.5. The molecule has 0 saturated heterocycles. The van der Waals surface area contributed by atoms with Crippen LogP contribution in [0.3, 0.4) is 0 Å². The van der Waals surface area contributed by atoms with Gasteiger partial charge in [0.15, 0.2) is 0 Å². The fraction of sp³-hybridized carbons (Fsp3) is 0.880. The van der Waals surface area contributed by atoms with Gasteiger partial charge < -0.3 is 25.2 Å². The van der Waals surface area contributed by atoms with E-state index in [1.54, 1.807) is 0 Å². The summed E-state index contributed by atoms with van der Waals surface area (Å²) >= 11 is 0. The van der Waals surface area contributed by atoms with Crippen molar-refractivity contribution in [1.29, 1.82) is 0 Å². The van der Waals surface area contributed by atoms with E-state index in [2.05, 4.69) is 38.2 Å². The molecule has 0 aromatic rings. The number of phosphoric acid groups is 1. The lowest BCUT2D eigenvalue weighted by atomic mass is 10.0. The summed E-state index contributed by atoms with van der Waals surface area (Å²) in [6, 6.07) is -1.47. The van der Waals surface area contributed by atoms with Gasteiger partial charge in [0.25, 0.3) is 0 Å². The van der Waals surface area contributed by atoms with E-state index >= 15 is 0 Å². The molecule has 0 aliphatic carbocycles. The van der Waals surface area contributed by atoms with Crippen LogP contribution in [-0.2, 0) is 32.7 Å². The van der Waals surface area contributed by atoms with Gasteiger partial charge in [-0.05, 0) is 44.9 Å². The Morgan fingerprint density at radius 3 is 1.33 bits per heavy atom. The van der Waals surface area contributed by atoms with Crippen molar-refractivity contribution in [1.82, 2.24) is 0 Å². The number of hydrogen-bond donors (Lipinski definition) is 3. The quantitative estimate of drug-likeness (QED) is 0.0233. The molecular weight excluding hydrogens is 790 g/mol. The van der Waals surface area contributed by atoms with E-state index in [4.69, 9.17) is 29.4 Å². The number of carboxylic acid groups (broad SMARTS) is 1. The van der Waals surface area contributed by atoms with Gasteiger partial charge in [-0.1, -0.05) is 218 Å². The van der Waals surface area contributed by atoms with Crippen molar-refractivity contribution in [3.63, 3.8) is 0 Å². The average molecular weight is 886 g/mol. The highest BCUT2D eigenvalue weighted by Gasteiger charge is 2.27. The zero-order valence-electron chi connectivity index (χ0n) is 39.5. The molecule has 3 atom stereocenters. The molecule has 0 heterocycles. The Morgan fingerprint density at radius 1 is 0.525 bits per heavy atom. The minimum atomic E-state index is -4.62. The Hall–Kier alpha value is -1.55. The fourth-order valence-corrected chi connectivity index (χ4v) is 8.06. The van der Waals surface area contributed by atoms with Crippen molar-refractivity contribution >= 4 is 19.8 Å². The first-order valence-electron chi connectivity index (χ1n) is 25.4. The number of carboxylic acids is 1. The maximum Gasteiger partial charge on any atom is 0.472 e. The maximum absolute atomic E-state index is 12.7. The first kappa shape index (κ1) is 59.5. The van der Waals surface area contributed by atoms with Crippen LogP contribution in [0.5, 0.6) is 0 Å². The number of nitrogens with two attached hydrogens (primary N) is 1. The average Bonchev–Trinajstić information content (AvgIpc) is 3.24. The molecule has 0 spiro atoms. The van der Waals surface area contributed by atoms with E-state index in [-0.39, 0.29) is 13.0 Å². The van der Waals surface area contributed by atoms with E-state index < -0.39 is 45.1 Å². The molecule has 61 heavy (non-hydrogen) atoms. The van der Waals surface area contributed by atoms with Crippen LogP contribution in [-0.4, -0.2) is 60.5 Å². The SMILES string of the molecule is CCCCCCC/C=C\C/C=C\CCCCCCCCCCCCCC(=O)OC(COCCCCCCCCCCCCCCCCCC)COP(=O)(O)OCC(N)C(=O)O. The molecule has 0 fully saturated rings. The number of phosphoric ester groups is 1. The summed E-state index contributed by atoms with van der Waals surface area (Å²) in [4.78, 5) is 33.7. The number of carbonyl (C=O) groups excluding carboxylic acids is 1.